The molecule has 5 aromatic rings. The number of hydrogen-bond donors (Lipinski definition) is 1. The van der Waals surface area contributed by atoms with E-state index in [4.69, 9.17) is 9.84 Å². The molecule has 0 saturated heterocycles. The van der Waals surface area contributed by atoms with Gasteiger partial charge in [-0.2, -0.15) is 14.3 Å². The number of ether oxygens (including phenoxy) is 1. The number of aryl methyl sites for hydroxylation is 1. The van der Waals surface area contributed by atoms with Gasteiger partial charge < -0.3 is 10.1 Å². The smallest absolute Gasteiger partial charge is 0.226 e. The van der Waals surface area contributed by atoms with E-state index < -0.39 is 0 Å². The van der Waals surface area contributed by atoms with Crippen molar-refractivity contribution < 1.29 is 13.9 Å². The number of hydrogen-bond acceptors (Lipinski definition) is 6. The third-order valence-corrected chi connectivity index (χ3v) is 6.05. The Balaban J connectivity index is 1.33. The number of benzene rings is 2. The zero-order valence-corrected chi connectivity index (χ0v) is 18.7. The molecule has 1 amide bonds. The molecule has 1 aliphatic rings. The van der Waals surface area contributed by atoms with Gasteiger partial charge >= 0.3 is 0 Å². The largest absolute Gasteiger partial charge is 0.489 e. The first-order valence-corrected chi connectivity index (χ1v) is 11.1. The Kier molecular flexibility index (Phi) is 4.98. The van der Waals surface area contributed by atoms with Crippen molar-refractivity contribution in [3.63, 3.8) is 0 Å². The van der Waals surface area contributed by atoms with Crippen LogP contribution in [0.15, 0.2) is 67.0 Å². The number of carbonyl (C=O) groups is 1. The fourth-order valence-corrected chi connectivity index (χ4v) is 4.40. The molecule has 2 aromatic carbocycles. The molecular weight excluding hydrogens is 449 g/mol. The van der Waals surface area contributed by atoms with Gasteiger partial charge in [-0.3, -0.25) is 4.79 Å². The molecule has 10 heteroatoms. The number of nitrogens with zero attached hydrogens (tertiary/aromatic N) is 6. The molecule has 1 N–H and O–H groups in total. The summed E-state index contributed by atoms with van der Waals surface area (Å²) in [6.07, 6.45) is 1.80. The van der Waals surface area contributed by atoms with Crippen molar-refractivity contribution in [3.05, 3.63) is 95.2 Å². The molecule has 0 radical (unpaired) electrons. The van der Waals surface area contributed by atoms with Crippen LogP contribution in [-0.4, -0.2) is 35.5 Å². The van der Waals surface area contributed by atoms with Gasteiger partial charge in [0, 0.05) is 17.9 Å². The number of aromatic nitrogens is 6. The second-order valence-corrected chi connectivity index (χ2v) is 8.38. The van der Waals surface area contributed by atoms with E-state index in [-0.39, 0.29) is 17.6 Å². The molecule has 35 heavy (non-hydrogen) atoms. The minimum absolute atomic E-state index is 0.105. The van der Waals surface area contributed by atoms with E-state index in [9.17, 15) is 9.18 Å². The van der Waals surface area contributed by atoms with Gasteiger partial charge in [0.2, 0.25) is 5.91 Å². The monoisotopic (exact) mass is 469 g/mol. The van der Waals surface area contributed by atoms with Crippen molar-refractivity contribution in [2.24, 2.45) is 0 Å². The topological polar surface area (TPSA) is 99.2 Å². The minimum atomic E-state index is -0.283. The summed E-state index contributed by atoms with van der Waals surface area (Å²) in [5.74, 6) is 1.23. The van der Waals surface area contributed by atoms with Crippen LogP contribution in [-0.2, 0) is 11.4 Å². The van der Waals surface area contributed by atoms with Gasteiger partial charge in [-0.25, -0.2) is 4.39 Å². The van der Waals surface area contributed by atoms with Crippen molar-refractivity contribution in [2.75, 3.05) is 5.32 Å². The highest BCUT2D eigenvalue weighted by Crippen LogP contribution is 2.40. The Morgan fingerprint density at radius 1 is 1.11 bits per heavy atom. The van der Waals surface area contributed by atoms with E-state index in [1.807, 2.05) is 31.2 Å². The summed E-state index contributed by atoms with van der Waals surface area (Å²) in [7, 11) is 0. The maximum atomic E-state index is 13.2. The molecule has 1 aliphatic heterocycles. The van der Waals surface area contributed by atoms with Crippen LogP contribution in [0.2, 0.25) is 0 Å². The molecule has 4 heterocycles. The van der Waals surface area contributed by atoms with Crippen LogP contribution in [0.3, 0.4) is 0 Å². The summed E-state index contributed by atoms with van der Waals surface area (Å²) in [5, 5.41) is 20.0. The molecule has 1 atom stereocenters. The highest BCUT2D eigenvalue weighted by Gasteiger charge is 2.33. The first kappa shape index (κ1) is 21.0. The Morgan fingerprint density at radius 3 is 2.83 bits per heavy atom. The van der Waals surface area contributed by atoms with E-state index in [0.29, 0.717) is 36.1 Å². The average Bonchev–Trinajstić information content (AvgIpc) is 3.47. The molecule has 1 unspecified atom stereocenters. The van der Waals surface area contributed by atoms with Gasteiger partial charge in [-0.05, 0) is 54.4 Å². The lowest BCUT2D eigenvalue weighted by Gasteiger charge is -2.24. The van der Waals surface area contributed by atoms with Crippen molar-refractivity contribution in [2.45, 2.75) is 25.9 Å². The summed E-state index contributed by atoms with van der Waals surface area (Å²) in [4.78, 5) is 12.7. The normalized spacial score (nSPS) is 15.1. The highest BCUT2D eigenvalue weighted by molar-refractivity contribution is 5.95. The summed E-state index contributed by atoms with van der Waals surface area (Å²) < 4.78 is 22.3. The number of rotatable bonds is 5. The maximum absolute atomic E-state index is 13.2. The molecular formula is C25H20FN7O2. The maximum Gasteiger partial charge on any atom is 0.226 e. The number of halogens is 1. The van der Waals surface area contributed by atoms with Crippen LogP contribution in [0.1, 0.15) is 34.7 Å². The number of anilines is 1. The average molecular weight is 469 g/mol. The van der Waals surface area contributed by atoms with Crippen LogP contribution >= 0.6 is 0 Å². The predicted octanol–water partition coefficient (Wildman–Crippen LogP) is 3.81. The molecule has 174 valence electrons. The van der Waals surface area contributed by atoms with Gasteiger partial charge in [-0.15, -0.1) is 15.3 Å². The summed E-state index contributed by atoms with van der Waals surface area (Å²) in [5.41, 5.74) is 4.17. The first-order valence-electron chi connectivity index (χ1n) is 11.1. The third kappa shape index (κ3) is 3.88. The minimum Gasteiger partial charge on any atom is -0.489 e. The Hall–Kier alpha value is -4.60. The number of carbonyl (C=O) groups excluding carboxylic acids is 1. The number of amides is 1. The quantitative estimate of drug-likeness (QED) is 0.420. The van der Waals surface area contributed by atoms with Crippen LogP contribution < -0.4 is 10.1 Å². The fraction of sp³-hybridized carbons (Fsp3) is 0.160. The van der Waals surface area contributed by atoms with Crippen LogP contribution in [0.5, 0.6) is 5.75 Å². The highest BCUT2D eigenvalue weighted by atomic mass is 19.1. The van der Waals surface area contributed by atoms with Crippen LogP contribution in [0, 0.1) is 12.7 Å². The van der Waals surface area contributed by atoms with E-state index in [2.05, 4.69) is 20.6 Å². The Morgan fingerprint density at radius 2 is 1.97 bits per heavy atom. The van der Waals surface area contributed by atoms with E-state index in [0.717, 1.165) is 22.4 Å². The number of nitrogens with one attached hydrogen (secondary N) is 1. The van der Waals surface area contributed by atoms with E-state index in [1.165, 1.54) is 18.5 Å². The van der Waals surface area contributed by atoms with Gasteiger partial charge in [0.15, 0.2) is 11.5 Å². The van der Waals surface area contributed by atoms with Gasteiger partial charge in [0.05, 0.1) is 5.69 Å². The van der Waals surface area contributed by atoms with E-state index >= 15 is 0 Å². The summed E-state index contributed by atoms with van der Waals surface area (Å²) in [6.45, 7) is 2.24. The van der Waals surface area contributed by atoms with E-state index in [1.54, 1.807) is 33.5 Å². The second kappa shape index (κ2) is 8.32. The Labute approximate surface area is 199 Å². The molecule has 0 fully saturated rings. The first-order chi connectivity index (χ1) is 17.0. The van der Waals surface area contributed by atoms with Crippen molar-refractivity contribution in [1.82, 2.24) is 29.6 Å². The van der Waals surface area contributed by atoms with Crippen molar-refractivity contribution >= 4 is 17.4 Å². The Bertz CT molecular complexity index is 1560. The predicted molar refractivity (Wildman–Crippen MR) is 125 cm³/mol. The summed E-state index contributed by atoms with van der Waals surface area (Å²) >= 11 is 0. The lowest BCUT2D eigenvalue weighted by molar-refractivity contribution is -0.116. The van der Waals surface area contributed by atoms with Gasteiger partial charge in [0.1, 0.15) is 30.3 Å². The second-order valence-electron chi connectivity index (χ2n) is 8.38. The zero-order chi connectivity index (χ0) is 23.9. The van der Waals surface area contributed by atoms with Gasteiger partial charge in [0.25, 0.3) is 0 Å². The van der Waals surface area contributed by atoms with Crippen LogP contribution in [0.4, 0.5) is 10.2 Å². The van der Waals surface area contributed by atoms with Crippen LogP contribution in [0.25, 0.3) is 11.5 Å². The summed E-state index contributed by atoms with van der Waals surface area (Å²) in [6, 6.07) is 17.5. The zero-order valence-electron chi connectivity index (χ0n) is 18.7. The molecule has 0 aliphatic carbocycles. The molecule has 9 nitrogen and oxygen atoms in total. The lowest BCUT2D eigenvalue weighted by Crippen LogP contribution is -2.25. The fourth-order valence-electron chi connectivity index (χ4n) is 4.40. The number of fused-ring (bicyclic) bond motifs is 2. The third-order valence-electron chi connectivity index (χ3n) is 6.05. The SMILES string of the molecule is Cc1nn(-c2ccc3nncn3n2)c2c1C(c1cccc(OCc3ccc(F)cc3)c1)CC(=O)N2. The lowest BCUT2D eigenvalue weighted by atomic mass is 9.86. The van der Waals surface area contributed by atoms with Crippen molar-refractivity contribution in [1.29, 1.82) is 0 Å². The molecule has 0 spiro atoms. The van der Waals surface area contributed by atoms with Gasteiger partial charge in [-0.1, -0.05) is 24.3 Å². The molecule has 0 bridgehead atoms. The van der Waals surface area contributed by atoms with Crippen molar-refractivity contribution in [3.8, 4) is 11.6 Å². The molecule has 3 aromatic heterocycles. The molecule has 6 rings (SSSR count). The standard InChI is InChI=1S/C25H20FN7O2/c1-15-24-20(17-3-2-4-19(11-17)35-13-16-5-7-18(26)8-6-16)12-23(34)28-25(24)33(30-15)22-10-9-21-29-27-14-32(21)31-22/h2-11,14,20H,12-13H2,1H3,(H,28,34). The molecule has 0 saturated carbocycles.